The zero-order chi connectivity index (χ0) is 9.84. The zero-order valence-electron chi connectivity index (χ0n) is 8.06. The summed E-state index contributed by atoms with van der Waals surface area (Å²) < 4.78 is 0. The molecular formula is C9H12NaO4. The van der Waals surface area contributed by atoms with Crippen LogP contribution in [-0.4, -0.2) is 50.0 Å². The fraction of sp³-hybridized carbons (Fsp3) is 0.333. The molecule has 0 spiro atoms. The molecule has 4 nitrogen and oxygen atoms in total. The largest absolute Gasteiger partial charge is 0.508 e. The minimum atomic E-state index is -0.352. The van der Waals surface area contributed by atoms with E-state index in [1.807, 2.05) is 0 Å². The number of benzene rings is 1. The maximum Gasteiger partial charge on any atom is 0.121 e. The zero-order valence-corrected chi connectivity index (χ0v) is 10.1. The van der Waals surface area contributed by atoms with Crippen LogP contribution in [0.25, 0.3) is 0 Å². The Morgan fingerprint density at radius 3 is 1.86 bits per heavy atom. The summed E-state index contributed by atoms with van der Waals surface area (Å²) in [5.74, 6) is -0.0660. The van der Waals surface area contributed by atoms with Crippen molar-refractivity contribution in [3.05, 3.63) is 28.8 Å². The monoisotopic (exact) mass is 207 g/mol. The summed E-state index contributed by atoms with van der Waals surface area (Å²) >= 11 is 0. The second kappa shape index (κ2) is 6.40. The molecule has 0 aliphatic carbocycles. The molecule has 1 radical (unpaired) electrons. The van der Waals surface area contributed by atoms with Gasteiger partial charge in [0.1, 0.15) is 5.75 Å². The summed E-state index contributed by atoms with van der Waals surface area (Å²) in [5.41, 5.74) is 1.18. The second-order valence-electron chi connectivity index (χ2n) is 2.68. The van der Waals surface area contributed by atoms with E-state index >= 15 is 0 Å². The van der Waals surface area contributed by atoms with Gasteiger partial charge in [0.05, 0.1) is 19.8 Å². The van der Waals surface area contributed by atoms with E-state index in [2.05, 4.69) is 0 Å². The van der Waals surface area contributed by atoms with Crippen LogP contribution < -0.4 is 0 Å². The van der Waals surface area contributed by atoms with Crippen molar-refractivity contribution in [3.8, 4) is 5.75 Å². The fourth-order valence-corrected chi connectivity index (χ4v) is 1.25. The molecule has 0 fully saturated rings. The standard InChI is InChI=1S/C9H12O4.Na/c10-3-6-1-2-9(13)8(5-12)7(6)4-11;/h1-2,10-13H,3-5H2;. The average molecular weight is 207 g/mol. The van der Waals surface area contributed by atoms with Gasteiger partial charge in [0.25, 0.3) is 0 Å². The Balaban J connectivity index is 0.00000169. The first-order chi connectivity index (χ1) is 6.24. The molecule has 1 rings (SSSR count). The maximum atomic E-state index is 9.29. The Morgan fingerprint density at radius 2 is 1.43 bits per heavy atom. The van der Waals surface area contributed by atoms with Crippen molar-refractivity contribution in [2.75, 3.05) is 0 Å². The third kappa shape index (κ3) is 2.70. The first kappa shape index (κ1) is 13.9. The quantitative estimate of drug-likeness (QED) is 0.503. The van der Waals surface area contributed by atoms with Gasteiger partial charge in [-0.15, -0.1) is 0 Å². The summed E-state index contributed by atoms with van der Waals surface area (Å²) in [5, 5.41) is 36.0. The van der Waals surface area contributed by atoms with Gasteiger partial charge >= 0.3 is 0 Å². The van der Waals surface area contributed by atoms with E-state index in [9.17, 15) is 5.11 Å². The van der Waals surface area contributed by atoms with Gasteiger partial charge in [0.2, 0.25) is 0 Å². The Bertz CT molecular complexity index is 301. The van der Waals surface area contributed by atoms with Gasteiger partial charge in [-0.1, -0.05) is 6.07 Å². The number of hydrogen-bond acceptors (Lipinski definition) is 4. The molecule has 0 atom stereocenters. The molecule has 4 N–H and O–H groups in total. The Kier molecular flexibility index (Phi) is 6.35. The van der Waals surface area contributed by atoms with Crippen LogP contribution in [0.3, 0.4) is 0 Å². The van der Waals surface area contributed by atoms with Crippen molar-refractivity contribution in [1.82, 2.24) is 0 Å². The van der Waals surface area contributed by atoms with E-state index in [-0.39, 0.29) is 60.7 Å². The van der Waals surface area contributed by atoms with Gasteiger partial charge in [0, 0.05) is 35.1 Å². The third-order valence-electron chi connectivity index (χ3n) is 1.99. The minimum Gasteiger partial charge on any atom is -0.508 e. The van der Waals surface area contributed by atoms with E-state index in [0.29, 0.717) is 11.1 Å². The maximum absolute atomic E-state index is 9.29. The van der Waals surface area contributed by atoms with Crippen LogP contribution in [0.15, 0.2) is 12.1 Å². The summed E-state index contributed by atoms with van der Waals surface area (Å²) in [6, 6.07) is 2.90. The number of phenols is 1. The van der Waals surface area contributed by atoms with E-state index in [0.717, 1.165) is 0 Å². The molecule has 0 bridgehead atoms. The molecule has 5 heteroatoms. The van der Waals surface area contributed by atoms with Crippen molar-refractivity contribution in [1.29, 1.82) is 0 Å². The molecule has 0 aromatic heterocycles. The van der Waals surface area contributed by atoms with Gasteiger partial charge < -0.3 is 20.4 Å². The van der Waals surface area contributed by atoms with Gasteiger partial charge in [-0.25, -0.2) is 0 Å². The van der Waals surface area contributed by atoms with Crippen molar-refractivity contribution < 1.29 is 20.4 Å². The number of aliphatic hydroxyl groups excluding tert-OH is 3. The Hall–Kier alpha value is -0.100. The third-order valence-corrected chi connectivity index (χ3v) is 1.99. The van der Waals surface area contributed by atoms with E-state index in [1.165, 1.54) is 12.1 Å². The summed E-state index contributed by atoms with van der Waals surface area (Å²) in [4.78, 5) is 0. The SMILES string of the molecule is OCc1ccc(O)c(CO)c1CO.[Na]. The molecule has 0 aliphatic rings. The van der Waals surface area contributed by atoms with E-state index < -0.39 is 0 Å². The van der Waals surface area contributed by atoms with Crippen LogP contribution in [-0.2, 0) is 19.8 Å². The van der Waals surface area contributed by atoms with Crippen LogP contribution in [0.5, 0.6) is 5.75 Å². The van der Waals surface area contributed by atoms with E-state index in [1.54, 1.807) is 0 Å². The number of aliphatic hydroxyl groups is 3. The molecule has 0 saturated heterocycles. The molecule has 0 saturated carbocycles. The normalized spacial score (nSPS) is 9.64. The molecule has 0 unspecified atom stereocenters. The summed E-state index contributed by atoms with van der Waals surface area (Å²) in [6.07, 6.45) is 0. The first-order valence-electron chi connectivity index (χ1n) is 3.89. The van der Waals surface area contributed by atoms with Crippen LogP contribution in [0.2, 0.25) is 0 Å². The number of hydrogen-bond donors (Lipinski definition) is 4. The average Bonchev–Trinajstić information content (AvgIpc) is 2.17. The molecule has 73 valence electrons. The van der Waals surface area contributed by atoms with Crippen molar-refractivity contribution in [3.63, 3.8) is 0 Å². The van der Waals surface area contributed by atoms with Crippen molar-refractivity contribution in [2.24, 2.45) is 0 Å². The van der Waals surface area contributed by atoms with Crippen LogP contribution in [0.1, 0.15) is 16.7 Å². The van der Waals surface area contributed by atoms with Gasteiger partial charge in [-0.05, 0) is 17.2 Å². The molecule has 0 heterocycles. The molecule has 1 aromatic carbocycles. The molecule has 1 aromatic rings. The fourth-order valence-electron chi connectivity index (χ4n) is 1.25. The summed E-state index contributed by atoms with van der Waals surface area (Å²) in [6.45, 7) is -0.876. The van der Waals surface area contributed by atoms with E-state index in [4.69, 9.17) is 15.3 Å². The predicted octanol–water partition coefficient (Wildman–Crippen LogP) is -0.512. The molecule has 0 aliphatic heterocycles. The van der Waals surface area contributed by atoms with Gasteiger partial charge in [0.15, 0.2) is 0 Å². The van der Waals surface area contributed by atoms with Crippen molar-refractivity contribution in [2.45, 2.75) is 19.8 Å². The predicted molar refractivity (Wildman–Crippen MR) is 51.6 cm³/mol. The van der Waals surface area contributed by atoms with Gasteiger partial charge in [-0.3, -0.25) is 0 Å². The number of rotatable bonds is 3. The van der Waals surface area contributed by atoms with Gasteiger partial charge in [-0.2, -0.15) is 0 Å². The summed E-state index contributed by atoms with van der Waals surface area (Å²) in [7, 11) is 0. The Morgan fingerprint density at radius 1 is 0.857 bits per heavy atom. The topological polar surface area (TPSA) is 80.9 Å². The minimum absolute atomic E-state index is 0. The second-order valence-corrected chi connectivity index (χ2v) is 2.68. The van der Waals surface area contributed by atoms with Crippen LogP contribution in [0, 0.1) is 0 Å². The molecule has 0 amide bonds. The van der Waals surface area contributed by atoms with Crippen molar-refractivity contribution >= 4 is 29.6 Å². The van der Waals surface area contributed by atoms with Crippen LogP contribution >= 0.6 is 0 Å². The molecular weight excluding hydrogens is 195 g/mol. The first-order valence-corrected chi connectivity index (χ1v) is 3.89. The number of aromatic hydroxyl groups is 1. The smallest absolute Gasteiger partial charge is 0.121 e. The molecule has 14 heavy (non-hydrogen) atoms. The Labute approximate surface area is 104 Å². The van der Waals surface area contributed by atoms with Crippen LogP contribution in [0.4, 0.5) is 0 Å².